The van der Waals surface area contributed by atoms with Crippen LogP contribution in [0.15, 0.2) is 18.2 Å². The first-order valence-electron chi connectivity index (χ1n) is 10.8. The van der Waals surface area contributed by atoms with Gasteiger partial charge in [-0.2, -0.15) is 0 Å². The number of nitrogens with two attached hydrogens (primary N) is 1. The van der Waals surface area contributed by atoms with Crippen molar-refractivity contribution in [2.24, 2.45) is 11.1 Å². The first kappa shape index (κ1) is 25.6. The summed E-state index contributed by atoms with van der Waals surface area (Å²) in [6, 6.07) is 3.69. The number of aliphatic hydroxyl groups is 1. The molecule has 1 aromatic rings. The summed E-state index contributed by atoms with van der Waals surface area (Å²) in [5.74, 6) is -1.20. The van der Waals surface area contributed by atoms with Crippen molar-refractivity contribution in [3.8, 4) is 0 Å². The van der Waals surface area contributed by atoms with Gasteiger partial charge in [0.25, 0.3) is 0 Å². The third-order valence-corrected chi connectivity index (χ3v) is 5.48. The van der Waals surface area contributed by atoms with E-state index in [4.69, 9.17) is 10.5 Å². The number of hydrogen-bond acceptors (Lipinski definition) is 5. The van der Waals surface area contributed by atoms with Crippen LogP contribution in [0.25, 0.3) is 0 Å². The smallest absolute Gasteiger partial charge is 0.408 e. The van der Waals surface area contributed by atoms with Crippen LogP contribution in [0.1, 0.15) is 64.7 Å². The zero-order valence-corrected chi connectivity index (χ0v) is 20.4. The predicted octanol–water partition coefficient (Wildman–Crippen LogP) is 2.52. The highest BCUT2D eigenvalue weighted by atomic mass is 16.6. The number of hydrogen-bond donors (Lipinski definition) is 3. The number of ether oxygens (including phenoxy) is 1. The van der Waals surface area contributed by atoms with E-state index in [-0.39, 0.29) is 13.0 Å². The minimum Gasteiger partial charge on any atom is -0.444 e. The molecule has 1 saturated heterocycles. The number of likely N-dealkylation sites (tertiary alicyclic amines) is 1. The lowest BCUT2D eigenvalue weighted by Gasteiger charge is -2.35. The summed E-state index contributed by atoms with van der Waals surface area (Å²) in [6.45, 7) is 14.3. The van der Waals surface area contributed by atoms with Gasteiger partial charge in [-0.25, -0.2) is 4.79 Å². The van der Waals surface area contributed by atoms with Gasteiger partial charge in [0.2, 0.25) is 11.8 Å². The molecule has 8 nitrogen and oxygen atoms in total. The molecule has 1 aliphatic heterocycles. The molecule has 0 bridgehead atoms. The van der Waals surface area contributed by atoms with Crippen molar-refractivity contribution in [1.82, 2.24) is 10.2 Å². The molecule has 1 aromatic carbocycles. The predicted molar refractivity (Wildman–Crippen MR) is 122 cm³/mol. The topological polar surface area (TPSA) is 122 Å². The van der Waals surface area contributed by atoms with Gasteiger partial charge in [0, 0.05) is 6.42 Å². The molecule has 1 aliphatic rings. The molecule has 0 unspecified atom stereocenters. The fourth-order valence-corrected chi connectivity index (χ4v) is 4.06. The Hall–Kier alpha value is -2.61. The van der Waals surface area contributed by atoms with Crippen LogP contribution >= 0.6 is 0 Å². The van der Waals surface area contributed by atoms with Crippen LogP contribution in [0.4, 0.5) is 4.79 Å². The maximum atomic E-state index is 13.6. The van der Waals surface area contributed by atoms with E-state index in [9.17, 15) is 19.5 Å². The van der Waals surface area contributed by atoms with E-state index in [0.717, 1.165) is 11.1 Å². The van der Waals surface area contributed by atoms with Crippen molar-refractivity contribution in [3.05, 3.63) is 34.9 Å². The summed E-state index contributed by atoms with van der Waals surface area (Å²) < 4.78 is 5.33. The van der Waals surface area contributed by atoms with E-state index in [1.165, 1.54) is 4.90 Å². The van der Waals surface area contributed by atoms with Crippen LogP contribution < -0.4 is 11.1 Å². The van der Waals surface area contributed by atoms with E-state index >= 15 is 0 Å². The number of primary amides is 1. The van der Waals surface area contributed by atoms with Crippen molar-refractivity contribution in [2.75, 3.05) is 6.54 Å². The zero-order chi connectivity index (χ0) is 24.6. The number of β-amino-alcohol motifs (C(OH)–C–C–N with tert-alkyl or cyclic N) is 1. The van der Waals surface area contributed by atoms with E-state index in [1.807, 2.05) is 32.0 Å². The Labute approximate surface area is 190 Å². The highest BCUT2D eigenvalue weighted by molar-refractivity contribution is 5.92. The van der Waals surface area contributed by atoms with Gasteiger partial charge >= 0.3 is 6.09 Å². The Morgan fingerprint density at radius 1 is 1.12 bits per heavy atom. The Balaban J connectivity index is 2.39. The number of carbonyl (C=O) groups is 3. The van der Waals surface area contributed by atoms with Gasteiger partial charge in [-0.1, -0.05) is 50.1 Å². The quantitative estimate of drug-likeness (QED) is 0.655. The van der Waals surface area contributed by atoms with E-state index in [0.29, 0.717) is 5.56 Å². The largest absolute Gasteiger partial charge is 0.444 e. The molecule has 0 radical (unpaired) electrons. The Bertz CT molecular complexity index is 880. The summed E-state index contributed by atoms with van der Waals surface area (Å²) in [7, 11) is 0. The molecule has 1 heterocycles. The van der Waals surface area contributed by atoms with E-state index in [1.54, 1.807) is 41.5 Å². The van der Waals surface area contributed by atoms with Gasteiger partial charge in [-0.3, -0.25) is 9.59 Å². The lowest BCUT2D eigenvalue weighted by atomic mass is 9.85. The van der Waals surface area contributed by atoms with Gasteiger partial charge in [0.15, 0.2) is 0 Å². The fourth-order valence-electron chi connectivity index (χ4n) is 4.06. The number of carbonyl (C=O) groups excluding carboxylic acids is 3. The number of amides is 3. The number of aryl methyl sites for hydroxylation is 2. The molecule has 0 saturated carbocycles. The summed E-state index contributed by atoms with van der Waals surface area (Å²) >= 11 is 0. The third-order valence-electron chi connectivity index (χ3n) is 5.48. The first-order valence-corrected chi connectivity index (χ1v) is 10.8. The SMILES string of the molecule is Cc1cc(C)cc([C@]2(O)C[C@@H](C(N)=O)N(C(=O)[C@@H](NC(=O)OC(C)(C)C)C(C)(C)C)C2)c1. The summed E-state index contributed by atoms with van der Waals surface area (Å²) in [6.07, 6.45) is -0.745. The highest BCUT2D eigenvalue weighted by Crippen LogP contribution is 2.38. The average Bonchev–Trinajstić information content (AvgIpc) is 2.95. The van der Waals surface area contributed by atoms with E-state index in [2.05, 4.69) is 5.32 Å². The minimum absolute atomic E-state index is 0.0136. The molecule has 3 amide bonds. The number of alkyl carbamates (subject to hydrolysis) is 1. The Morgan fingerprint density at radius 3 is 2.09 bits per heavy atom. The average molecular weight is 448 g/mol. The van der Waals surface area contributed by atoms with Gasteiger partial charge in [-0.15, -0.1) is 0 Å². The van der Waals surface area contributed by atoms with Crippen LogP contribution in [0.2, 0.25) is 0 Å². The molecule has 0 spiro atoms. The van der Waals surface area contributed by atoms with Gasteiger partial charge in [0.1, 0.15) is 23.3 Å². The second kappa shape index (κ2) is 8.73. The molecule has 0 aliphatic carbocycles. The van der Waals surface area contributed by atoms with Crippen LogP contribution in [-0.4, -0.2) is 52.1 Å². The van der Waals surface area contributed by atoms with Crippen LogP contribution in [-0.2, 0) is 19.9 Å². The fraction of sp³-hybridized carbons (Fsp3) is 0.625. The number of rotatable bonds is 4. The molecular formula is C24H37N3O5. The van der Waals surface area contributed by atoms with Crippen LogP contribution in [0.5, 0.6) is 0 Å². The van der Waals surface area contributed by atoms with Crippen molar-refractivity contribution in [3.63, 3.8) is 0 Å². The molecular weight excluding hydrogens is 410 g/mol. The Kier molecular flexibility index (Phi) is 7.00. The van der Waals surface area contributed by atoms with Crippen molar-refractivity contribution in [1.29, 1.82) is 0 Å². The summed E-state index contributed by atoms with van der Waals surface area (Å²) in [5.41, 5.74) is 5.34. The molecule has 2 rings (SSSR count). The van der Waals surface area contributed by atoms with Crippen molar-refractivity contribution < 1.29 is 24.2 Å². The summed E-state index contributed by atoms with van der Waals surface area (Å²) in [5, 5.41) is 14.1. The number of nitrogens with zero attached hydrogens (tertiary/aromatic N) is 1. The lowest BCUT2D eigenvalue weighted by Crippen LogP contribution is -2.58. The monoisotopic (exact) mass is 447 g/mol. The van der Waals surface area contributed by atoms with E-state index < -0.39 is 46.6 Å². The van der Waals surface area contributed by atoms with Crippen molar-refractivity contribution >= 4 is 17.9 Å². The normalized spacial score (nSPS) is 22.4. The number of benzene rings is 1. The number of nitrogens with one attached hydrogen (secondary N) is 1. The second-order valence-corrected chi connectivity index (χ2v) is 10.9. The minimum atomic E-state index is -1.43. The van der Waals surface area contributed by atoms with Gasteiger partial charge in [0.05, 0.1) is 6.54 Å². The molecule has 4 N–H and O–H groups in total. The van der Waals surface area contributed by atoms with Crippen LogP contribution in [0, 0.1) is 19.3 Å². The second-order valence-electron chi connectivity index (χ2n) is 10.9. The molecule has 0 aromatic heterocycles. The standard InChI is InChI=1S/C24H37N3O5/c1-14-9-15(2)11-16(10-14)24(31)12-17(19(25)28)27(13-24)20(29)18(22(3,4)5)26-21(30)32-23(6,7)8/h9-11,17-18,31H,12-13H2,1-8H3,(H2,25,28)(H,26,30)/t17-,18+,24-/m0/s1. The maximum absolute atomic E-state index is 13.6. The first-order chi connectivity index (χ1) is 14.4. The molecule has 8 heteroatoms. The third kappa shape index (κ3) is 6.00. The molecule has 3 atom stereocenters. The molecule has 1 fully saturated rings. The highest BCUT2D eigenvalue weighted by Gasteiger charge is 2.51. The molecule has 178 valence electrons. The zero-order valence-electron chi connectivity index (χ0n) is 20.4. The summed E-state index contributed by atoms with van der Waals surface area (Å²) in [4.78, 5) is 39.6. The maximum Gasteiger partial charge on any atom is 0.408 e. The van der Waals surface area contributed by atoms with Crippen molar-refractivity contribution in [2.45, 2.75) is 85.1 Å². The van der Waals surface area contributed by atoms with Gasteiger partial charge in [-0.05, 0) is 45.6 Å². The molecule has 32 heavy (non-hydrogen) atoms. The van der Waals surface area contributed by atoms with Crippen LogP contribution in [0.3, 0.4) is 0 Å². The van der Waals surface area contributed by atoms with Gasteiger partial charge < -0.3 is 25.8 Å². The lowest BCUT2D eigenvalue weighted by molar-refractivity contribution is -0.141. The Morgan fingerprint density at radius 2 is 1.66 bits per heavy atom.